The molecule has 0 atom stereocenters. The molecular weight excluding hydrogens is 272 g/mol. The van der Waals surface area contributed by atoms with E-state index in [0.29, 0.717) is 12.4 Å². The second-order valence-electron chi connectivity index (χ2n) is 4.62. The Kier molecular flexibility index (Phi) is 3.23. The van der Waals surface area contributed by atoms with E-state index in [1.165, 1.54) is 10.9 Å². The zero-order valence-electron chi connectivity index (χ0n) is 11.3. The number of hydrogen-bond acceptors (Lipinski definition) is 4. The number of nitrogens with zero attached hydrogens (tertiary/aromatic N) is 3. The van der Waals surface area contributed by atoms with E-state index in [1.54, 1.807) is 17.5 Å². The molecule has 0 amide bonds. The SMILES string of the molecule is Cc1cc(=O)[nH]c(Cn2ccnc2-c2ccc(C)s2)n1. The summed E-state index contributed by atoms with van der Waals surface area (Å²) in [6.07, 6.45) is 3.66. The van der Waals surface area contributed by atoms with Crippen molar-refractivity contribution < 1.29 is 0 Å². The highest BCUT2D eigenvalue weighted by molar-refractivity contribution is 7.15. The minimum atomic E-state index is -0.124. The maximum absolute atomic E-state index is 11.5. The molecule has 3 heterocycles. The number of H-pyrrole nitrogens is 1. The van der Waals surface area contributed by atoms with E-state index in [1.807, 2.05) is 17.7 Å². The standard InChI is InChI=1S/C14H14N4OS/c1-9-7-13(19)17-12(16-9)8-18-6-5-15-14(18)11-4-3-10(2)20-11/h3-7H,8H2,1-2H3,(H,16,17,19). The monoisotopic (exact) mass is 286 g/mol. The summed E-state index contributed by atoms with van der Waals surface area (Å²) < 4.78 is 1.99. The lowest BCUT2D eigenvalue weighted by Gasteiger charge is -2.06. The van der Waals surface area contributed by atoms with Gasteiger partial charge in [0.2, 0.25) is 0 Å². The molecule has 1 N–H and O–H groups in total. The third kappa shape index (κ3) is 2.55. The van der Waals surface area contributed by atoms with Crippen LogP contribution in [0.4, 0.5) is 0 Å². The summed E-state index contributed by atoms with van der Waals surface area (Å²) in [5.41, 5.74) is 0.596. The summed E-state index contributed by atoms with van der Waals surface area (Å²) in [5.74, 6) is 1.54. The van der Waals surface area contributed by atoms with Crippen LogP contribution in [0, 0.1) is 13.8 Å². The Morgan fingerprint density at radius 2 is 2.20 bits per heavy atom. The van der Waals surface area contributed by atoms with E-state index in [9.17, 15) is 4.79 Å². The zero-order valence-corrected chi connectivity index (χ0v) is 12.1. The number of aromatic amines is 1. The van der Waals surface area contributed by atoms with Crippen molar-refractivity contribution in [1.29, 1.82) is 0 Å². The van der Waals surface area contributed by atoms with Gasteiger partial charge in [0.25, 0.3) is 5.56 Å². The summed E-state index contributed by atoms with van der Waals surface area (Å²) in [4.78, 5) is 25.3. The molecule has 0 aliphatic carbocycles. The predicted molar refractivity (Wildman–Crippen MR) is 79.0 cm³/mol. The first-order chi connectivity index (χ1) is 9.61. The summed E-state index contributed by atoms with van der Waals surface area (Å²) in [5, 5.41) is 0. The number of thiophene rings is 1. The number of nitrogens with one attached hydrogen (secondary N) is 1. The zero-order chi connectivity index (χ0) is 14.1. The fourth-order valence-corrected chi connectivity index (χ4v) is 2.97. The fourth-order valence-electron chi connectivity index (χ4n) is 2.09. The first kappa shape index (κ1) is 12.8. The van der Waals surface area contributed by atoms with Gasteiger partial charge >= 0.3 is 0 Å². The van der Waals surface area contributed by atoms with E-state index >= 15 is 0 Å². The summed E-state index contributed by atoms with van der Waals surface area (Å²) >= 11 is 1.70. The first-order valence-corrected chi connectivity index (χ1v) is 7.08. The maximum Gasteiger partial charge on any atom is 0.251 e. The second-order valence-corrected chi connectivity index (χ2v) is 5.91. The molecule has 0 bridgehead atoms. The van der Waals surface area contributed by atoms with E-state index in [4.69, 9.17) is 0 Å². The van der Waals surface area contributed by atoms with E-state index in [2.05, 4.69) is 34.0 Å². The lowest BCUT2D eigenvalue weighted by Crippen LogP contribution is -2.14. The Labute approximate surface area is 120 Å². The van der Waals surface area contributed by atoms with Crippen LogP contribution in [0.5, 0.6) is 0 Å². The van der Waals surface area contributed by atoms with Gasteiger partial charge in [0, 0.05) is 29.0 Å². The van der Waals surface area contributed by atoms with Crippen LogP contribution in [0.2, 0.25) is 0 Å². The molecule has 0 aliphatic heterocycles. The Bertz CT molecular complexity index is 799. The van der Waals surface area contributed by atoms with E-state index < -0.39 is 0 Å². The van der Waals surface area contributed by atoms with Crippen molar-refractivity contribution in [3.8, 4) is 10.7 Å². The molecule has 3 rings (SSSR count). The molecule has 5 nitrogen and oxygen atoms in total. The highest BCUT2D eigenvalue weighted by atomic mass is 32.1. The molecule has 0 saturated heterocycles. The van der Waals surface area contributed by atoms with Crippen LogP contribution in [0.15, 0.2) is 35.4 Å². The van der Waals surface area contributed by atoms with Gasteiger partial charge in [0.05, 0.1) is 11.4 Å². The Morgan fingerprint density at radius 3 is 2.90 bits per heavy atom. The lowest BCUT2D eigenvalue weighted by atomic mass is 10.4. The number of aryl methyl sites for hydroxylation is 2. The van der Waals surface area contributed by atoms with Gasteiger partial charge in [-0.2, -0.15) is 0 Å². The normalized spacial score (nSPS) is 10.9. The van der Waals surface area contributed by atoms with Gasteiger partial charge in [-0.3, -0.25) is 4.79 Å². The molecule has 0 unspecified atom stereocenters. The van der Waals surface area contributed by atoms with Crippen LogP contribution in [-0.2, 0) is 6.54 Å². The minimum absolute atomic E-state index is 0.124. The van der Waals surface area contributed by atoms with Gasteiger partial charge in [0.15, 0.2) is 0 Å². The van der Waals surface area contributed by atoms with Crippen molar-refractivity contribution in [3.63, 3.8) is 0 Å². The number of aromatic nitrogens is 4. The molecular formula is C14H14N4OS. The van der Waals surface area contributed by atoms with Crippen LogP contribution in [-0.4, -0.2) is 19.5 Å². The van der Waals surface area contributed by atoms with Crippen molar-refractivity contribution in [2.75, 3.05) is 0 Å². The van der Waals surface area contributed by atoms with Gasteiger partial charge in [-0.1, -0.05) is 0 Å². The van der Waals surface area contributed by atoms with Crippen molar-refractivity contribution >= 4 is 11.3 Å². The van der Waals surface area contributed by atoms with Crippen LogP contribution < -0.4 is 5.56 Å². The maximum atomic E-state index is 11.5. The average Bonchev–Trinajstić information content (AvgIpc) is 2.96. The molecule has 0 fully saturated rings. The van der Waals surface area contributed by atoms with Crippen LogP contribution in [0.3, 0.4) is 0 Å². The van der Waals surface area contributed by atoms with E-state index in [0.717, 1.165) is 16.4 Å². The average molecular weight is 286 g/mol. The number of rotatable bonds is 3. The summed E-state index contributed by atoms with van der Waals surface area (Å²) in [6.45, 7) is 4.39. The van der Waals surface area contributed by atoms with Gasteiger partial charge in [0.1, 0.15) is 11.6 Å². The molecule has 0 aliphatic rings. The molecule has 0 aromatic carbocycles. The summed E-state index contributed by atoms with van der Waals surface area (Å²) in [6, 6.07) is 5.62. The lowest BCUT2D eigenvalue weighted by molar-refractivity contribution is 0.741. The number of hydrogen-bond donors (Lipinski definition) is 1. The van der Waals surface area contributed by atoms with Crippen molar-refractivity contribution in [3.05, 3.63) is 57.3 Å². The first-order valence-electron chi connectivity index (χ1n) is 6.26. The smallest absolute Gasteiger partial charge is 0.251 e. The minimum Gasteiger partial charge on any atom is -0.323 e. The highest BCUT2D eigenvalue weighted by Crippen LogP contribution is 2.26. The molecule has 6 heteroatoms. The van der Waals surface area contributed by atoms with Crippen molar-refractivity contribution in [2.24, 2.45) is 0 Å². The van der Waals surface area contributed by atoms with Gasteiger partial charge in [-0.25, -0.2) is 9.97 Å². The van der Waals surface area contributed by atoms with E-state index in [-0.39, 0.29) is 5.56 Å². The van der Waals surface area contributed by atoms with Gasteiger partial charge in [-0.05, 0) is 26.0 Å². The summed E-state index contributed by atoms with van der Waals surface area (Å²) in [7, 11) is 0. The van der Waals surface area contributed by atoms with Gasteiger partial charge < -0.3 is 9.55 Å². The molecule has 102 valence electrons. The number of imidazole rings is 1. The Balaban J connectivity index is 1.96. The molecule has 3 aromatic rings. The Hall–Kier alpha value is -2.21. The largest absolute Gasteiger partial charge is 0.323 e. The Morgan fingerprint density at radius 1 is 1.35 bits per heavy atom. The van der Waals surface area contributed by atoms with Crippen LogP contribution in [0.1, 0.15) is 16.4 Å². The quantitative estimate of drug-likeness (QED) is 0.804. The van der Waals surface area contributed by atoms with Gasteiger partial charge in [-0.15, -0.1) is 11.3 Å². The molecule has 20 heavy (non-hydrogen) atoms. The topological polar surface area (TPSA) is 63.6 Å². The van der Waals surface area contributed by atoms with Crippen LogP contribution >= 0.6 is 11.3 Å². The molecule has 0 saturated carbocycles. The fraction of sp³-hybridized carbons (Fsp3) is 0.214. The second kappa shape index (κ2) is 5.05. The van der Waals surface area contributed by atoms with Crippen LogP contribution in [0.25, 0.3) is 10.7 Å². The molecule has 0 spiro atoms. The highest BCUT2D eigenvalue weighted by Gasteiger charge is 2.09. The van der Waals surface area contributed by atoms with Crippen molar-refractivity contribution in [1.82, 2.24) is 19.5 Å². The molecule has 0 radical (unpaired) electrons. The van der Waals surface area contributed by atoms with Crippen molar-refractivity contribution in [2.45, 2.75) is 20.4 Å². The third-order valence-electron chi connectivity index (χ3n) is 2.92. The third-order valence-corrected chi connectivity index (χ3v) is 3.91. The molecule has 3 aromatic heterocycles. The predicted octanol–water partition coefficient (Wildman–Crippen LogP) is 2.36.